The van der Waals surface area contributed by atoms with Crippen LogP contribution in [0.15, 0.2) is 30.3 Å². The Kier molecular flexibility index (Phi) is 6.45. The number of hydrogen-bond donors (Lipinski definition) is 2. The number of rotatable bonds is 5. The second kappa shape index (κ2) is 8.79. The second-order valence-corrected chi connectivity index (χ2v) is 7.23. The van der Waals surface area contributed by atoms with Gasteiger partial charge in [0.1, 0.15) is 0 Å². The molecule has 144 valence electrons. The highest BCUT2D eigenvalue weighted by atomic mass is 19.1. The van der Waals surface area contributed by atoms with Gasteiger partial charge < -0.3 is 20.1 Å². The molecule has 0 aromatic heterocycles. The van der Waals surface area contributed by atoms with Gasteiger partial charge in [-0.3, -0.25) is 4.90 Å². The fourth-order valence-electron chi connectivity index (χ4n) is 3.53. The summed E-state index contributed by atoms with van der Waals surface area (Å²) in [5.41, 5.74) is -0.402. The molecule has 3 rings (SSSR count). The number of benzene rings is 1. The zero-order valence-corrected chi connectivity index (χ0v) is 15.1. The first-order valence-corrected chi connectivity index (χ1v) is 9.28. The Balaban J connectivity index is 1.47. The van der Waals surface area contributed by atoms with Gasteiger partial charge in [-0.25, -0.2) is 9.18 Å². The number of amides is 2. The van der Waals surface area contributed by atoms with E-state index in [1.165, 1.54) is 10.5 Å². The largest absolute Gasteiger partial charge is 0.393 e. The summed E-state index contributed by atoms with van der Waals surface area (Å²) in [6, 6.07) is 10.0. The normalized spacial score (nSPS) is 27.3. The Bertz CT molecular complexity index is 589. The summed E-state index contributed by atoms with van der Waals surface area (Å²) in [5, 5.41) is 11.9. The smallest absolute Gasteiger partial charge is 0.317 e. The van der Waals surface area contributed by atoms with Gasteiger partial charge in [0.05, 0.1) is 19.3 Å². The first kappa shape index (κ1) is 19.1. The lowest BCUT2D eigenvalue weighted by atomic mass is 10.1. The first-order chi connectivity index (χ1) is 12.6. The second-order valence-electron chi connectivity index (χ2n) is 7.23. The zero-order valence-electron chi connectivity index (χ0n) is 15.1. The Morgan fingerprint density at radius 3 is 2.88 bits per heavy atom. The number of aliphatic hydroxyl groups is 1. The van der Waals surface area contributed by atoms with E-state index >= 15 is 0 Å². The summed E-state index contributed by atoms with van der Waals surface area (Å²) >= 11 is 0. The van der Waals surface area contributed by atoms with Crippen molar-refractivity contribution in [1.29, 1.82) is 0 Å². The van der Waals surface area contributed by atoms with Crippen molar-refractivity contribution in [2.75, 3.05) is 45.9 Å². The fraction of sp³-hybridized carbons (Fsp3) is 0.632. The molecule has 2 N–H and O–H groups in total. The number of likely N-dealkylation sites (tertiary alicyclic amines) is 1. The molecule has 2 atom stereocenters. The fourth-order valence-corrected chi connectivity index (χ4v) is 3.53. The lowest BCUT2D eigenvalue weighted by Crippen LogP contribution is -2.46. The molecule has 6 nitrogen and oxygen atoms in total. The summed E-state index contributed by atoms with van der Waals surface area (Å²) in [6.45, 7) is 3.38. The molecule has 0 spiro atoms. The topological polar surface area (TPSA) is 65.0 Å². The van der Waals surface area contributed by atoms with Crippen LogP contribution in [0.3, 0.4) is 0 Å². The molecule has 1 aromatic rings. The number of aliphatic hydroxyl groups excluding tert-OH is 1. The third-order valence-electron chi connectivity index (χ3n) is 5.04. The van der Waals surface area contributed by atoms with E-state index in [1.807, 2.05) is 18.2 Å². The van der Waals surface area contributed by atoms with Gasteiger partial charge in [0.2, 0.25) is 0 Å². The quantitative estimate of drug-likeness (QED) is 0.828. The Morgan fingerprint density at radius 2 is 2.15 bits per heavy atom. The van der Waals surface area contributed by atoms with Crippen LogP contribution in [0.4, 0.5) is 9.18 Å². The average Bonchev–Trinajstić information content (AvgIpc) is 2.92. The minimum Gasteiger partial charge on any atom is -0.393 e. The molecule has 2 saturated heterocycles. The van der Waals surface area contributed by atoms with Gasteiger partial charge in [-0.05, 0) is 12.0 Å². The standard InChI is InChI=1S/C19H28FN3O3/c20-19(15-24)7-9-23(14-19)18(25)21-11-17-13-22(8-4-10-26-17)12-16-5-2-1-3-6-16/h1-3,5-6,17,24H,4,7-15H2,(H,21,25). The van der Waals surface area contributed by atoms with E-state index < -0.39 is 12.3 Å². The summed E-state index contributed by atoms with van der Waals surface area (Å²) < 4.78 is 19.9. The number of urea groups is 1. The van der Waals surface area contributed by atoms with Crippen LogP contribution in [0.1, 0.15) is 18.4 Å². The summed E-state index contributed by atoms with van der Waals surface area (Å²) in [4.78, 5) is 16.0. The third-order valence-corrected chi connectivity index (χ3v) is 5.04. The van der Waals surface area contributed by atoms with Crippen LogP contribution in [0.25, 0.3) is 0 Å². The number of alkyl halides is 1. The van der Waals surface area contributed by atoms with Crippen LogP contribution in [0.2, 0.25) is 0 Å². The molecule has 0 aliphatic carbocycles. The van der Waals surface area contributed by atoms with Crippen molar-refractivity contribution in [3.63, 3.8) is 0 Å². The highest BCUT2D eigenvalue weighted by Gasteiger charge is 2.39. The van der Waals surface area contributed by atoms with Crippen molar-refractivity contribution >= 4 is 6.03 Å². The number of nitrogens with one attached hydrogen (secondary N) is 1. The van der Waals surface area contributed by atoms with Gasteiger partial charge in [0.25, 0.3) is 0 Å². The van der Waals surface area contributed by atoms with Crippen LogP contribution >= 0.6 is 0 Å². The highest BCUT2D eigenvalue weighted by molar-refractivity contribution is 5.74. The molecule has 2 fully saturated rings. The van der Waals surface area contributed by atoms with E-state index in [9.17, 15) is 9.18 Å². The summed E-state index contributed by atoms with van der Waals surface area (Å²) in [7, 11) is 0. The van der Waals surface area contributed by atoms with Crippen molar-refractivity contribution in [3.05, 3.63) is 35.9 Å². The van der Waals surface area contributed by atoms with E-state index in [2.05, 4.69) is 22.3 Å². The number of halogens is 1. The molecule has 2 aliphatic heterocycles. The van der Waals surface area contributed by atoms with Gasteiger partial charge in [-0.1, -0.05) is 30.3 Å². The monoisotopic (exact) mass is 365 g/mol. The molecule has 2 unspecified atom stereocenters. The Hall–Kier alpha value is -1.70. The summed E-state index contributed by atoms with van der Waals surface area (Å²) in [6.07, 6.45) is 1.06. The van der Waals surface area contributed by atoms with Crippen LogP contribution in [0.5, 0.6) is 0 Å². The molecule has 1 aromatic carbocycles. The molecule has 2 heterocycles. The van der Waals surface area contributed by atoms with Crippen molar-refractivity contribution in [2.45, 2.75) is 31.2 Å². The number of hydrogen-bond acceptors (Lipinski definition) is 4. The lowest BCUT2D eigenvalue weighted by molar-refractivity contribution is 0.0534. The van der Waals surface area contributed by atoms with Crippen LogP contribution in [-0.4, -0.2) is 78.6 Å². The maximum absolute atomic E-state index is 14.1. The molecule has 0 bridgehead atoms. The highest BCUT2D eigenvalue weighted by Crippen LogP contribution is 2.24. The molecule has 7 heteroatoms. The minimum atomic E-state index is -1.66. The maximum atomic E-state index is 14.1. The van der Waals surface area contributed by atoms with E-state index in [4.69, 9.17) is 9.84 Å². The molecule has 26 heavy (non-hydrogen) atoms. The van der Waals surface area contributed by atoms with Crippen molar-refractivity contribution in [1.82, 2.24) is 15.1 Å². The average molecular weight is 365 g/mol. The number of nitrogens with zero attached hydrogens (tertiary/aromatic N) is 2. The van der Waals surface area contributed by atoms with Gasteiger partial charge in [0.15, 0.2) is 5.67 Å². The van der Waals surface area contributed by atoms with E-state index in [-0.39, 0.29) is 25.1 Å². The molecule has 0 saturated carbocycles. The lowest BCUT2D eigenvalue weighted by Gasteiger charge is -2.25. The molecular weight excluding hydrogens is 337 g/mol. The van der Waals surface area contributed by atoms with E-state index in [0.29, 0.717) is 19.7 Å². The Morgan fingerprint density at radius 1 is 1.35 bits per heavy atom. The third kappa shape index (κ3) is 5.16. The van der Waals surface area contributed by atoms with Gasteiger partial charge >= 0.3 is 6.03 Å². The zero-order chi connectivity index (χ0) is 18.4. The first-order valence-electron chi connectivity index (χ1n) is 9.28. The van der Waals surface area contributed by atoms with Gasteiger partial charge in [-0.2, -0.15) is 0 Å². The summed E-state index contributed by atoms with van der Waals surface area (Å²) in [5.74, 6) is 0. The van der Waals surface area contributed by atoms with Crippen molar-refractivity contribution in [3.8, 4) is 0 Å². The number of ether oxygens (including phenoxy) is 1. The predicted molar refractivity (Wildman–Crippen MR) is 96.6 cm³/mol. The van der Waals surface area contributed by atoms with Gasteiger partial charge in [0, 0.05) is 45.8 Å². The molecule has 2 aliphatic rings. The van der Waals surface area contributed by atoms with Crippen LogP contribution in [-0.2, 0) is 11.3 Å². The predicted octanol–water partition coefficient (Wildman–Crippen LogP) is 1.39. The van der Waals surface area contributed by atoms with E-state index in [1.54, 1.807) is 0 Å². The van der Waals surface area contributed by atoms with Crippen LogP contribution < -0.4 is 5.32 Å². The molecule has 0 radical (unpaired) electrons. The number of carbonyl (C=O) groups is 1. The van der Waals surface area contributed by atoms with Crippen molar-refractivity contribution in [2.24, 2.45) is 0 Å². The van der Waals surface area contributed by atoms with Gasteiger partial charge in [-0.15, -0.1) is 0 Å². The maximum Gasteiger partial charge on any atom is 0.317 e. The molecular formula is C19H28FN3O3. The number of carbonyl (C=O) groups excluding carboxylic acids is 1. The van der Waals surface area contributed by atoms with E-state index in [0.717, 1.165) is 26.1 Å². The SMILES string of the molecule is O=C(NCC1CN(Cc2ccccc2)CCCO1)N1CCC(F)(CO)C1. The minimum absolute atomic E-state index is 0.0546. The Labute approximate surface area is 153 Å². The van der Waals surface area contributed by atoms with Crippen molar-refractivity contribution < 1.29 is 19.0 Å². The van der Waals surface area contributed by atoms with Crippen LogP contribution in [0, 0.1) is 0 Å². The molecule has 2 amide bonds.